The number of rotatable bonds is 8. The van der Waals surface area contributed by atoms with Gasteiger partial charge in [-0.1, -0.05) is 19.1 Å². The highest BCUT2D eigenvalue weighted by molar-refractivity contribution is 7.89. The summed E-state index contributed by atoms with van der Waals surface area (Å²) in [4.78, 5) is 27.2. The predicted molar refractivity (Wildman–Crippen MR) is 123 cm³/mol. The van der Waals surface area contributed by atoms with Crippen molar-refractivity contribution in [3.05, 3.63) is 53.6 Å². The molecule has 8 nitrogen and oxygen atoms in total. The second-order valence-electron chi connectivity index (χ2n) is 7.84. The molecular weight excluding hydrogens is 430 g/mol. The van der Waals surface area contributed by atoms with Crippen LogP contribution < -0.4 is 10.2 Å². The molecule has 0 spiro atoms. The number of aryl methyl sites for hydroxylation is 1. The Hall–Kier alpha value is -2.91. The van der Waals surface area contributed by atoms with Gasteiger partial charge in [-0.05, 0) is 55.2 Å². The molecule has 1 amide bonds. The van der Waals surface area contributed by atoms with Gasteiger partial charge in [0.15, 0.2) is 6.61 Å². The summed E-state index contributed by atoms with van der Waals surface area (Å²) in [5.41, 5.74) is 2.45. The molecule has 32 heavy (non-hydrogen) atoms. The van der Waals surface area contributed by atoms with Crippen LogP contribution in [0.4, 0.5) is 11.4 Å². The zero-order valence-electron chi connectivity index (χ0n) is 18.6. The summed E-state index contributed by atoms with van der Waals surface area (Å²) in [6.07, 6.45) is 2.82. The fraction of sp³-hybridized carbons (Fsp3) is 0.391. The molecule has 0 aliphatic carbocycles. The van der Waals surface area contributed by atoms with Crippen LogP contribution in [-0.4, -0.2) is 58.4 Å². The van der Waals surface area contributed by atoms with E-state index in [-0.39, 0.29) is 10.5 Å². The van der Waals surface area contributed by atoms with Crippen molar-refractivity contribution in [2.75, 3.05) is 44.0 Å². The number of carbonyl (C=O) groups is 2. The topological polar surface area (TPSA) is 96.0 Å². The SMILES string of the molecule is CCc1cccc(NC(=O)COC(=O)c2cc(S(=O)(=O)N(C)C)ccc2N2CCCC2)c1. The lowest BCUT2D eigenvalue weighted by atomic mass is 10.1. The molecule has 1 saturated heterocycles. The van der Waals surface area contributed by atoms with E-state index in [0.717, 1.165) is 42.2 Å². The van der Waals surface area contributed by atoms with E-state index in [9.17, 15) is 18.0 Å². The molecular formula is C23H29N3O5S. The molecule has 172 valence electrons. The van der Waals surface area contributed by atoms with E-state index in [1.165, 1.54) is 26.2 Å². The minimum absolute atomic E-state index is 0.00164. The summed E-state index contributed by atoms with van der Waals surface area (Å²) in [6, 6.07) is 11.9. The van der Waals surface area contributed by atoms with E-state index in [1.54, 1.807) is 12.1 Å². The molecule has 2 aromatic carbocycles. The van der Waals surface area contributed by atoms with Crippen LogP contribution in [0.2, 0.25) is 0 Å². The van der Waals surface area contributed by atoms with Gasteiger partial charge >= 0.3 is 5.97 Å². The van der Waals surface area contributed by atoms with Gasteiger partial charge in [0.1, 0.15) is 0 Å². The van der Waals surface area contributed by atoms with Gasteiger partial charge in [0.2, 0.25) is 10.0 Å². The number of benzene rings is 2. The summed E-state index contributed by atoms with van der Waals surface area (Å²) in [5, 5.41) is 2.71. The molecule has 1 aliphatic rings. The molecule has 3 rings (SSSR count). The zero-order valence-corrected chi connectivity index (χ0v) is 19.4. The summed E-state index contributed by atoms with van der Waals surface area (Å²) in [6.45, 7) is 3.09. The number of nitrogens with zero attached hydrogens (tertiary/aromatic N) is 2. The number of sulfonamides is 1. The molecule has 0 bridgehead atoms. The minimum atomic E-state index is -3.72. The molecule has 0 radical (unpaired) electrons. The third-order valence-electron chi connectivity index (χ3n) is 5.37. The lowest BCUT2D eigenvalue weighted by Crippen LogP contribution is -2.26. The first-order valence-electron chi connectivity index (χ1n) is 10.6. The van der Waals surface area contributed by atoms with Gasteiger partial charge in [-0.3, -0.25) is 4.79 Å². The Balaban J connectivity index is 1.78. The number of ether oxygens (including phenoxy) is 1. The molecule has 0 saturated carbocycles. The van der Waals surface area contributed by atoms with Crippen LogP contribution in [-0.2, 0) is 26.0 Å². The number of hydrogen-bond donors (Lipinski definition) is 1. The largest absolute Gasteiger partial charge is 0.452 e. The maximum atomic E-state index is 12.9. The quantitative estimate of drug-likeness (QED) is 0.610. The van der Waals surface area contributed by atoms with Crippen LogP contribution in [0.15, 0.2) is 47.4 Å². The Labute approximate surface area is 189 Å². The van der Waals surface area contributed by atoms with Crippen LogP contribution in [0.5, 0.6) is 0 Å². The Morgan fingerprint density at radius 3 is 2.47 bits per heavy atom. The van der Waals surface area contributed by atoms with E-state index < -0.39 is 28.5 Å². The van der Waals surface area contributed by atoms with Gasteiger partial charge in [-0.25, -0.2) is 17.5 Å². The first-order chi connectivity index (χ1) is 15.2. The number of esters is 1. The molecule has 1 N–H and O–H groups in total. The van der Waals surface area contributed by atoms with E-state index >= 15 is 0 Å². The van der Waals surface area contributed by atoms with Crippen LogP contribution >= 0.6 is 0 Å². The summed E-state index contributed by atoms with van der Waals surface area (Å²) < 4.78 is 31.5. The zero-order chi connectivity index (χ0) is 23.3. The van der Waals surface area contributed by atoms with Crippen molar-refractivity contribution < 1.29 is 22.7 Å². The van der Waals surface area contributed by atoms with Gasteiger partial charge in [0, 0.05) is 32.9 Å². The Morgan fingerprint density at radius 2 is 1.81 bits per heavy atom. The van der Waals surface area contributed by atoms with Crippen molar-refractivity contribution in [3.8, 4) is 0 Å². The minimum Gasteiger partial charge on any atom is -0.452 e. The molecule has 9 heteroatoms. The van der Waals surface area contributed by atoms with Gasteiger partial charge in [0.25, 0.3) is 5.91 Å². The molecule has 0 unspecified atom stereocenters. The number of hydrogen-bond acceptors (Lipinski definition) is 6. The average molecular weight is 460 g/mol. The monoisotopic (exact) mass is 459 g/mol. The van der Waals surface area contributed by atoms with Crippen LogP contribution in [0, 0.1) is 0 Å². The summed E-state index contributed by atoms with van der Waals surface area (Å²) >= 11 is 0. The fourth-order valence-corrected chi connectivity index (χ4v) is 4.49. The van der Waals surface area contributed by atoms with Crippen molar-refractivity contribution in [2.24, 2.45) is 0 Å². The van der Waals surface area contributed by atoms with Gasteiger partial charge in [-0.2, -0.15) is 0 Å². The smallest absolute Gasteiger partial charge is 0.340 e. The van der Waals surface area contributed by atoms with E-state index in [0.29, 0.717) is 11.4 Å². The average Bonchev–Trinajstić information content (AvgIpc) is 3.31. The number of carbonyl (C=O) groups excluding carboxylic acids is 2. The first kappa shape index (κ1) is 23.7. The Morgan fingerprint density at radius 1 is 1.09 bits per heavy atom. The third kappa shape index (κ3) is 5.46. The van der Waals surface area contributed by atoms with Gasteiger partial charge in [0.05, 0.1) is 16.1 Å². The number of nitrogens with one attached hydrogen (secondary N) is 1. The first-order valence-corrected chi connectivity index (χ1v) is 12.0. The Bertz CT molecular complexity index is 1090. The second kappa shape index (κ2) is 10.1. The molecule has 0 aromatic heterocycles. The van der Waals surface area contributed by atoms with Crippen LogP contribution in [0.3, 0.4) is 0 Å². The maximum Gasteiger partial charge on any atom is 0.340 e. The lowest BCUT2D eigenvalue weighted by Gasteiger charge is -2.22. The highest BCUT2D eigenvalue weighted by Crippen LogP contribution is 2.28. The normalized spacial score (nSPS) is 13.9. The molecule has 1 aliphatic heterocycles. The molecule has 1 heterocycles. The lowest BCUT2D eigenvalue weighted by molar-refractivity contribution is -0.119. The molecule has 0 atom stereocenters. The van der Waals surface area contributed by atoms with E-state index in [2.05, 4.69) is 5.32 Å². The number of amides is 1. The highest BCUT2D eigenvalue weighted by atomic mass is 32.2. The fourth-order valence-electron chi connectivity index (χ4n) is 3.56. The second-order valence-corrected chi connectivity index (χ2v) is 9.99. The van der Waals surface area contributed by atoms with Crippen molar-refractivity contribution >= 4 is 33.3 Å². The third-order valence-corrected chi connectivity index (χ3v) is 7.18. The van der Waals surface area contributed by atoms with Crippen molar-refractivity contribution in [1.82, 2.24) is 4.31 Å². The van der Waals surface area contributed by atoms with E-state index in [1.807, 2.05) is 30.0 Å². The molecule has 2 aromatic rings. The number of anilines is 2. The highest BCUT2D eigenvalue weighted by Gasteiger charge is 2.25. The van der Waals surface area contributed by atoms with Crippen molar-refractivity contribution in [2.45, 2.75) is 31.1 Å². The van der Waals surface area contributed by atoms with Gasteiger partial charge < -0.3 is 15.0 Å². The van der Waals surface area contributed by atoms with Crippen LogP contribution in [0.25, 0.3) is 0 Å². The summed E-state index contributed by atoms with van der Waals surface area (Å²) in [7, 11) is -0.864. The van der Waals surface area contributed by atoms with Crippen LogP contribution in [0.1, 0.15) is 35.7 Å². The predicted octanol–water partition coefficient (Wildman–Crippen LogP) is 2.90. The van der Waals surface area contributed by atoms with E-state index in [4.69, 9.17) is 4.74 Å². The standard InChI is InChI=1S/C23H29N3O5S/c1-4-17-8-7-9-18(14-17)24-22(27)16-31-23(28)20-15-19(32(29,30)25(2)3)10-11-21(20)26-12-5-6-13-26/h7-11,14-15H,4-6,12-13,16H2,1-3H3,(H,24,27). The summed E-state index contributed by atoms with van der Waals surface area (Å²) in [5.74, 6) is -1.20. The maximum absolute atomic E-state index is 12.9. The molecule has 1 fully saturated rings. The van der Waals surface area contributed by atoms with Crippen molar-refractivity contribution in [1.29, 1.82) is 0 Å². The Kier molecular flexibility index (Phi) is 7.52. The van der Waals surface area contributed by atoms with Gasteiger partial charge in [-0.15, -0.1) is 0 Å². The van der Waals surface area contributed by atoms with Crippen molar-refractivity contribution in [3.63, 3.8) is 0 Å².